The van der Waals surface area contributed by atoms with Crippen molar-refractivity contribution in [3.63, 3.8) is 0 Å². The zero-order chi connectivity index (χ0) is 11.1. The topological polar surface area (TPSA) is 49.0 Å². The summed E-state index contributed by atoms with van der Waals surface area (Å²) < 4.78 is 0. The van der Waals surface area contributed by atoms with E-state index >= 15 is 0 Å². The largest absolute Gasteiger partial charge is 0.326 e. The summed E-state index contributed by atoms with van der Waals surface area (Å²) in [5.74, 6) is -0.0268. The number of unbranched alkanes of at least 4 members (excludes halogenated alkanes) is 2. The molecule has 1 amide bonds. The lowest BCUT2D eigenvalue weighted by atomic mass is 10.2. The Morgan fingerprint density at radius 1 is 1.20 bits per heavy atom. The maximum atomic E-state index is 11.4. The predicted octanol–water partition coefficient (Wildman–Crippen LogP) is 3.35. The molecule has 1 N–H and O–H groups in total. The molecule has 0 heterocycles. The molecule has 1 aromatic carbocycles. The molecule has 0 bridgehead atoms. The molecule has 3 nitrogen and oxygen atoms in total. The van der Waals surface area contributed by atoms with E-state index in [2.05, 4.69) is 12.2 Å². The van der Waals surface area contributed by atoms with Crippen LogP contribution >= 0.6 is 0 Å². The van der Waals surface area contributed by atoms with Gasteiger partial charge in [-0.3, -0.25) is 9.90 Å². The van der Waals surface area contributed by atoms with Crippen molar-refractivity contribution >= 4 is 11.6 Å². The molecule has 1 radical (unpaired) electrons. The van der Waals surface area contributed by atoms with Crippen LogP contribution in [0.1, 0.15) is 32.6 Å². The lowest BCUT2D eigenvalue weighted by molar-refractivity contribution is -0.116. The number of hydrogen-bond donors (Lipinski definition) is 1. The molecular formula is C12H16NO2. The minimum Gasteiger partial charge on any atom is -0.326 e. The molecule has 1 aromatic rings. The monoisotopic (exact) mass is 206 g/mol. The van der Waals surface area contributed by atoms with E-state index < -0.39 is 0 Å². The van der Waals surface area contributed by atoms with Crippen molar-refractivity contribution in [1.82, 2.24) is 0 Å². The highest BCUT2D eigenvalue weighted by molar-refractivity contribution is 5.90. The van der Waals surface area contributed by atoms with Crippen molar-refractivity contribution in [3.05, 3.63) is 24.3 Å². The number of rotatable bonds is 5. The van der Waals surface area contributed by atoms with Crippen LogP contribution < -0.4 is 5.32 Å². The van der Waals surface area contributed by atoms with Crippen molar-refractivity contribution in [2.75, 3.05) is 5.32 Å². The Kier molecular flexibility index (Phi) is 4.68. The first-order valence-electron chi connectivity index (χ1n) is 5.29. The van der Waals surface area contributed by atoms with Gasteiger partial charge in [0.05, 0.1) is 0 Å². The smallest absolute Gasteiger partial charge is 0.224 e. The van der Waals surface area contributed by atoms with E-state index in [1.165, 1.54) is 12.1 Å². The van der Waals surface area contributed by atoms with Crippen LogP contribution in [-0.4, -0.2) is 5.91 Å². The summed E-state index contributed by atoms with van der Waals surface area (Å²) in [5, 5.41) is 13.6. The van der Waals surface area contributed by atoms with Crippen LogP contribution in [0.15, 0.2) is 24.3 Å². The highest BCUT2D eigenvalue weighted by atomic mass is 16.3. The van der Waals surface area contributed by atoms with Gasteiger partial charge < -0.3 is 5.32 Å². The summed E-state index contributed by atoms with van der Waals surface area (Å²) >= 11 is 0. The Labute approximate surface area is 90.1 Å². The second-order valence-corrected chi connectivity index (χ2v) is 3.53. The van der Waals surface area contributed by atoms with Gasteiger partial charge in [-0.2, -0.15) is 0 Å². The van der Waals surface area contributed by atoms with Gasteiger partial charge in [0.15, 0.2) is 5.75 Å². The Balaban J connectivity index is 2.34. The molecule has 0 spiro atoms. The molecule has 0 fully saturated rings. The second-order valence-electron chi connectivity index (χ2n) is 3.53. The van der Waals surface area contributed by atoms with Crippen LogP contribution in [0.3, 0.4) is 0 Å². The highest BCUT2D eigenvalue weighted by Gasteiger charge is 2.01. The molecule has 0 saturated heterocycles. The third-order valence-corrected chi connectivity index (χ3v) is 2.15. The normalized spacial score (nSPS) is 9.93. The lowest BCUT2D eigenvalue weighted by Crippen LogP contribution is -2.10. The van der Waals surface area contributed by atoms with E-state index in [9.17, 15) is 9.90 Å². The average molecular weight is 206 g/mol. The number of amides is 1. The minimum atomic E-state index is -0.0426. The second kappa shape index (κ2) is 6.06. The number of carbonyl (C=O) groups excluding carboxylic acids is 1. The van der Waals surface area contributed by atoms with Crippen molar-refractivity contribution in [3.8, 4) is 5.75 Å². The van der Waals surface area contributed by atoms with Crippen molar-refractivity contribution in [2.24, 2.45) is 0 Å². The first-order valence-corrected chi connectivity index (χ1v) is 5.29. The van der Waals surface area contributed by atoms with Crippen LogP contribution in [0, 0.1) is 0 Å². The van der Waals surface area contributed by atoms with E-state index in [0.29, 0.717) is 12.1 Å². The molecule has 0 saturated carbocycles. The van der Waals surface area contributed by atoms with E-state index in [4.69, 9.17) is 0 Å². The predicted molar refractivity (Wildman–Crippen MR) is 59.3 cm³/mol. The van der Waals surface area contributed by atoms with E-state index in [1.807, 2.05) is 0 Å². The maximum absolute atomic E-state index is 11.4. The Hall–Kier alpha value is -1.51. The van der Waals surface area contributed by atoms with Gasteiger partial charge in [-0.25, -0.2) is 0 Å². The van der Waals surface area contributed by atoms with E-state index in [1.54, 1.807) is 12.1 Å². The third kappa shape index (κ3) is 4.49. The number of nitrogens with one attached hydrogen (secondary N) is 1. The molecule has 0 aliphatic heterocycles. The van der Waals surface area contributed by atoms with Gasteiger partial charge >= 0.3 is 0 Å². The van der Waals surface area contributed by atoms with Gasteiger partial charge in [0.1, 0.15) is 0 Å². The molecule has 0 atom stereocenters. The maximum Gasteiger partial charge on any atom is 0.224 e. The molecule has 0 aromatic heterocycles. The zero-order valence-electron chi connectivity index (χ0n) is 8.95. The van der Waals surface area contributed by atoms with Gasteiger partial charge in [0.2, 0.25) is 5.91 Å². The molecule has 0 unspecified atom stereocenters. The molecule has 3 heteroatoms. The van der Waals surface area contributed by atoms with Crippen molar-refractivity contribution in [2.45, 2.75) is 32.6 Å². The van der Waals surface area contributed by atoms with Crippen LogP contribution in [0.4, 0.5) is 5.69 Å². The fraction of sp³-hybridized carbons (Fsp3) is 0.417. The molecule has 1 rings (SSSR count). The number of anilines is 1. The molecule has 15 heavy (non-hydrogen) atoms. The van der Waals surface area contributed by atoms with E-state index in [0.717, 1.165) is 19.3 Å². The van der Waals surface area contributed by atoms with Crippen LogP contribution in [-0.2, 0) is 9.90 Å². The lowest BCUT2D eigenvalue weighted by Gasteiger charge is -2.04. The molecule has 0 aliphatic rings. The summed E-state index contributed by atoms with van der Waals surface area (Å²) in [7, 11) is 0. The molecule has 0 aliphatic carbocycles. The van der Waals surface area contributed by atoms with Gasteiger partial charge in [0.25, 0.3) is 0 Å². The van der Waals surface area contributed by atoms with Crippen molar-refractivity contribution < 1.29 is 9.90 Å². The quantitative estimate of drug-likeness (QED) is 0.738. The first kappa shape index (κ1) is 11.6. The number of benzene rings is 1. The number of hydrogen-bond acceptors (Lipinski definition) is 1. The molecule has 81 valence electrons. The zero-order valence-corrected chi connectivity index (χ0v) is 8.95. The van der Waals surface area contributed by atoms with Gasteiger partial charge in [-0.1, -0.05) is 19.8 Å². The fourth-order valence-electron chi connectivity index (χ4n) is 1.30. The fourth-order valence-corrected chi connectivity index (χ4v) is 1.30. The van der Waals surface area contributed by atoms with Crippen molar-refractivity contribution in [1.29, 1.82) is 0 Å². The minimum absolute atomic E-state index is 0.0158. The SMILES string of the molecule is CCCCCC(=O)Nc1ccc([O])cc1. The Morgan fingerprint density at radius 3 is 2.47 bits per heavy atom. The van der Waals surface area contributed by atoms with Crippen LogP contribution in [0.5, 0.6) is 5.75 Å². The Morgan fingerprint density at radius 2 is 1.87 bits per heavy atom. The van der Waals surface area contributed by atoms with E-state index in [-0.39, 0.29) is 11.7 Å². The van der Waals surface area contributed by atoms with Gasteiger partial charge in [-0.15, -0.1) is 0 Å². The average Bonchev–Trinajstić information content (AvgIpc) is 2.22. The van der Waals surface area contributed by atoms with Gasteiger partial charge in [0, 0.05) is 12.1 Å². The first-order chi connectivity index (χ1) is 7.22. The third-order valence-electron chi connectivity index (χ3n) is 2.15. The summed E-state index contributed by atoms with van der Waals surface area (Å²) in [6.45, 7) is 2.10. The number of carbonyl (C=O) groups is 1. The van der Waals surface area contributed by atoms with Gasteiger partial charge in [-0.05, 0) is 30.7 Å². The Bertz CT molecular complexity index is 306. The summed E-state index contributed by atoms with van der Waals surface area (Å²) in [4.78, 5) is 11.4. The highest BCUT2D eigenvalue weighted by Crippen LogP contribution is 2.14. The van der Waals surface area contributed by atoms with Crippen LogP contribution in [0.2, 0.25) is 0 Å². The van der Waals surface area contributed by atoms with Crippen LogP contribution in [0.25, 0.3) is 0 Å². The summed E-state index contributed by atoms with van der Waals surface area (Å²) in [6, 6.07) is 6.14. The standard InChI is InChI=1S/C12H16NO2/c1-2-3-4-5-12(15)13-10-6-8-11(14)9-7-10/h6-9H,2-5H2,1H3,(H,13,15). The molecular weight excluding hydrogens is 190 g/mol. The summed E-state index contributed by atoms with van der Waals surface area (Å²) in [5.41, 5.74) is 0.691. The summed E-state index contributed by atoms with van der Waals surface area (Å²) in [6.07, 6.45) is 3.65.